The minimum Gasteiger partial charge on any atom is -0.356 e. The molecule has 0 aliphatic carbocycles. The fourth-order valence-corrected chi connectivity index (χ4v) is 4.13. The molecule has 0 spiro atoms. The predicted octanol–water partition coefficient (Wildman–Crippen LogP) is 3.52. The average Bonchev–Trinajstić information content (AvgIpc) is 3.10. The van der Waals surface area contributed by atoms with E-state index in [-0.39, 0.29) is 36.3 Å². The second-order valence-electron chi connectivity index (χ2n) is 6.25. The molecule has 5 nitrogen and oxygen atoms in total. The zero-order valence-electron chi connectivity index (χ0n) is 15.5. The number of guanidine groups is 1. The van der Waals surface area contributed by atoms with E-state index in [0.29, 0.717) is 29.5 Å². The second kappa shape index (κ2) is 11.0. The Morgan fingerprint density at radius 1 is 1.26 bits per heavy atom. The van der Waals surface area contributed by atoms with E-state index in [1.54, 1.807) is 18.4 Å². The molecule has 0 radical (unpaired) electrons. The van der Waals surface area contributed by atoms with Gasteiger partial charge in [0, 0.05) is 26.4 Å². The van der Waals surface area contributed by atoms with Crippen LogP contribution in [-0.4, -0.2) is 34.2 Å². The van der Waals surface area contributed by atoms with Crippen LogP contribution in [0.2, 0.25) is 0 Å². The number of sulfone groups is 1. The average molecular weight is 525 g/mol. The van der Waals surface area contributed by atoms with Crippen molar-refractivity contribution in [3.8, 4) is 0 Å². The Hall–Kier alpha value is -1.20. The number of hydrogen-bond donors (Lipinski definition) is 2. The standard InChI is InChI=1S/C18H24FN3O2S2.HI/c1-13(14-6-7-25-11-14)9-21-18(20-2)22-10-16-8-17(19)5-4-15(16)12-26(3,23)24;/h4-8,11,13H,9-10,12H2,1-3H3,(H2,20,21,22);1H. The molecule has 0 fully saturated rings. The summed E-state index contributed by atoms with van der Waals surface area (Å²) in [7, 11) is -1.54. The molecule has 1 heterocycles. The summed E-state index contributed by atoms with van der Waals surface area (Å²) in [6.45, 7) is 3.12. The lowest BCUT2D eigenvalue weighted by molar-refractivity contribution is 0.599. The predicted molar refractivity (Wildman–Crippen MR) is 121 cm³/mol. The summed E-state index contributed by atoms with van der Waals surface area (Å²) in [6.07, 6.45) is 1.17. The quantitative estimate of drug-likeness (QED) is 0.330. The SMILES string of the molecule is CN=C(NCc1cc(F)ccc1CS(C)(=O)=O)NCC(C)c1ccsc1.I. The van der Waals surface area contributed by atoms with Gasteiger partial charge in [-0.15, -0.1) is 24.0 Å². The van der Waals surface area contributed by atoms with Gasteiger partial charge in [-0.2, -0.15) is 11.3 Å². The van der Waals surface area contributed by atoms with Crippen molar-refractivity contribution in [3.05, 3.63) is 57.5 Å². The van der Waals surface area contributed by atoms with Gasteiger partial charge < -0.3 is 10.6 Å². The molecule has 1 unspecified atom stereocenters. The monoisotopic (exact) mass is 525 g/mol. The summed E-state index contributed by atoms with van der Waals surface area (Å²) in [4.78, 5) is 4.17. The molecule has 1 aromatic heterocycles. The van der Waals surface area contributed by atoms with Crippen LogP contribution in [0.5, 0.6) is 0 Å². The zero-order chi connectivity index (χ0) is 19.2. The van der Waals surface area contributed by atoms with Gasteiger partial charge in [0.25, 0.3) is 0 Å². The summed E-state index contributed by atoms with van der Waals surface area (Å²) in [5.41, 5.74) is 2.45. The van der Waals surface area contributed by atoms with Crippen LogP contribution in [0.4, 0.5) is 4.39 Å². The van der Waals surface area contributed by atoms with E-state index in [2.05, 4.69) is 34.0 Å². The fourth-order valence-electron chi connectivity index (χ4n) is 2.50. The Morgan fingerprint density at radius 2 is 2.00 bits per heavy atom. The number of hydrogen-bond acceptors (Lipinski definition) is 4. The van der Waals surface area contributed by atoms with Crippen molar-refractivity contribution >= 4 is 51.1 Å². The summed E-state index contributed by atoms with van der Waals surface area (Å²) in [6, 6.07) is 6.24. The molecular formula is C18H25FIN3O2S2. The van der Waals surface area contributed by atoms with Crippen molar-refractivity contribution < 1.29 is 12.8 Å². The van der Waals surface area contributed by atoms with E-state index in [9.17, 15) is 12.8 Å². The van der Waals surface area contributed by atoms with E-state index in [1.165, 1.54) is 30.0 Å². The smallest absolute Gasteiger partial charge is 0.191 e. The normalized spacial score (nSPS) is 13.0. The molecule has 0 amide bonds. The fraction of sp³-hybridized carbons (Fsp3) is 0.389. The summed E-state index contributed by atoms with van der Waals surface area (Å²) in [5.74, 6) is 0.399. The van der Waals surface area contributed by atoms with Gasteiger partial charge in [0.1, 0.15) is 5.82 Å². The summed E-state index contributed by atoms with van der Waals surface area (Å²) >= 11 is 1.66. The van der Waals surface area contributed by atoms with Gasteiger partial charge in [0.15, 0.2) is 15.8 Å². The number of halogens is 2. The Bertz CT molecular complexity index is 855. The molecule has 27 heavy (non-hydrogen) atoms. The molecule has 0 saturated heterocycles. The van der Waals surface area contributed by atoms with Crippen molar-refractivity contribution in [1.29, 1.82) is 0 Å². The molecule has 0 aliphatic heterocycles. The molecule has 0 bridgehead atoms. The van der Waals surface area contributed by atoms with E-state index in [1.807, 2.05) is 5.38 Å². The third-order valence-electron chi connectivity index (χ3n) is 3.94. The third-order valence-corrected chi connectivity index (χ3v) is 5.48. The maximum Gasteiger partial charge on any atom is 0.191 e. The molecule has 1 aromatic carbocycles. The lowest BCUT2D eigenvalue weighted by Gasteiger charge is -2.16. The zero-order valence-corrected chi connectivity index (χ0v) is 19.5. The molecule has 0 saturated carbocycles. The summed E-state index contributed by atoms with van der Waals surface area (Å²) in [5, 5.41) is 10.5. The number of aliphatic imine (C=N–C) groups is 1. The van der Waals surface area contributed by atoms with Gasteiger partial charge in [-0.05, 0) is 51.6 Å². The van der Waals surface area contributed by atoms with E-state index in [4.69, 9.17) is 0 Å². The molecule has 150 valence electrons. The lowest BCUT2D eigenvalue weighted by Crippen LogP contribution is -2.38. The van der Waals surface area contributed by atoms with Gasteiger partial charge in [0.2, 0.25) is 0 Å². The molecule has 1 atom stereocenters. The molecule has 2 rings (SSSR count). The highest BCUT2D eigenvalue weighted by atomic mass is 127. The number of nitrogens with zero attached hydrogens (tertiary/aromatic N) is 1. The number of rotatable bonds is 7. The van der Waals surface area contributed by atoms with Crippen molar-refractivity contribution in [2.75, 3.05) is 19.8 Å². The van der Waals surface area contributed by atoms with Gasteiger partial charge in [-0.25, -0.2) is 12.8 Å². The van der Waals surface area contributed by atoms with Crippen molar-refractivity contribution in [2.45, 2.75) is 25.1 Å². The van der Waals surface area contributed by atoms with Crippen LogP contribution in [0.25, 0.3) is 0 Å². The third kappa shape index (κ3) is 8.14. The number of nitrogens with one attached hydrogen (secondary N) is 2. The van der Waals surface area contributed by atoms with Crippen LogP contribution in [0, 0.1) is 5.82 Å². The van der Waals surface area contributed by atoms with Gasteiger partial charge in [-0.1, -0.05) is 13.0 Å². The van der Waals surface area contributed by atoms with Gasteiger partial charge in [-0.3, -0.25) is 4.99 Å². The maximum atomic E-state index is 13.6. The second-order valence-corrected chi connectivity index (χ2v) is 9.17. The van der Waals surface area contributed by atoms with Crippen LogP contribution < -0.4 is 10.6 Å². The lowest BCUT2D eigenvalue weighted by atomic mass is 10.1. The highest BCUT2D eigenvalue weighted by Crippen LogP contribution is 2.17. The highest BCUT2D eigenvalue weighted by molar-refractivity contribution is 14.0. The van der Waals surface area contributed by atoms with Crippen LogP contribution in [-0.2, 0) is 22.1 Å². The first-order valence-electron chi connectivity index (χ1n) is 8.20. The summed E-state index contributed by atoms with van der Waals surface area (Å²) < 4.78 is 36.7. The molecule has 2 N–H and O–H groups in total. The van der Waals surface area contributed by atoms with Crippen molar-refractivity contribution in [3.63, 3.8) is 0 Å². The Balaban J connectivity index is 0.00000364. The maximum absolute atomic E-state index is 13.6. The molecule has 0 aliphatic rings. The van der Waals surface area contributed by atoms with Crippen molar-refractivity contribution in [2.24, 2.45) is 4.99 Å². The van der Waals surface area contributed by atoms with Crippen molar-refractivity contribution in [1.82, 2.24) is 10.6 Å². The Labute approximate surface area is 181 Å². The van der Waals surface area contributed by atoms with E-state index < -0.39 is 15.7 Å². The van der Waals surface area contributed by atoms with E-state index >= 15 is 0 Å². The van der Waals surface area contributed by atoms with Crippen LogP contribution in [0.15, 0.2) is 40.0 Å². The molecular weight excluding hydrogens is 500 g/mol. The largest absolute Gasteiger partial charge is 0.356 e. The first kappa shape index (κ1) is 23.8. The molecule has 2 aromatic rings. The van der Waals surface area contributed by atoms with Gasteiger partial charge >= 0.3 is 0 Å². The highest BCUT2D eigenvalue weighted by Gasteiger charge is 2.12. The first-order valence-corrected chi connectivity index (χ1v) is 11.2. The Morgan fingerprint density at radius 3 is 2.59 bits per heavy atom. The van der Waals surface area contributed by atoms with Crippen LogP contribution >= 0.6 is 35.3 Å². The minimum absolute atomic E-state index is 0. The number of benzene rings is 1. The van der Waals surface area contributed by atoms with Crippen LogP contribution in [0.1, 0.15) is 29.5 Å². The minimum atomic E-state index is -3.20. The number of thiophene rings is 1. The Kier molecular flexibility index (Phi) is 9.68. The first-order chi connectivity index (χ1) is 12.3. The van der Waals surface area contributed by atoms with E-state index in [0.717, 1.165) is 0 Å². The van der Waals surface area contributed by atoms with Crippen LogP contribution in [0.3, 0.4) is 0 Å². The molecule has 9 heteroatoms. The van der Waals surface area contributed by atoms with Gasteiger partial charge in [0.05, 0.1) is 5.75 Å². The topological polar surface area (TPSA) is 70.6 Å².